The maximum Gasteiger partial charge on any atom is 0.494 e. The zero-order chi connectivity index (χ0) is 20.6. The number of sulfonamides is 1. The molecule has 0 aromatic heterocycles. The lowest BCUT2D eigenvalue weighted by Crippen LogP contribution is -2.41. The number of hydrogen-bond acceptors (Lipinski definition) is 4. The Hall–Kier alpha value is -1.83. The molecule has 0 aliphatic carbocycles. The van der Waals surface area contributed by atoms with Gasteiger partial charge in [0.15, 0.2) is 0 Å². The summed E-state index contributed by atoms with van der Waals surface area (Å²) in [5, 5.41) is 0. The lowest BCUT2D eigenvalue weighted by molar-refractivity contribution is 0.00578. The third kappa shape index (κ3) is 4.26. The highest BCUT2D eigenvalue weighted by Gasteiger charge is 2.51. The van der Waals surface area contributed by atoms with Gasteiger partial charge in [0, 0.05) is 5.56 Å². The molecular formula is C21H28BNO4S. The third-order valence-electron chi connectivity index (χ3n) is 5.41. The Morgan fingerprint density at radius 3 is 2.07 bits per heavy atom. The van der Waals surface area contributed by atoms with Crippen molar-refractivity contribution in [2.45, 2.75) is 52.2 Å². The Balaban J connectivity index is 1.85. The zero-order valence-electron chi connectivity index (χ0n) is 17.2. The molecule has 1 aliphatic rings. The van der Waals surface area contributed by atoms with Crippen LogP contribution in [0, 0.1) is 0 Å². The fraction of sp³-hybridized carbons (Fsp3) is 0.429. The predicted molar refractivity (Wildman–Crippen MR) is 115 cm³/mol. The van der Waals surface area contributed by atoms with E-state index in [1.54, 1.807) is 6.07 Å². The number of hydrogen-bond donors (Lipinski definition) is 1. The third-order valence-corrected chi connectivity index (χ3v) is 6.89. The summed E-state index contributed by atoms with van der Waals surface area (Å²) in [4.78, 5) is 0. The van der Waals surface area contributed by atoms with Crippen molar-refractivity contribution in [1.29, 1.82) is 0 Å². The highest BCUT2D eigenvalue weighted by atomic mass is 32.2. The summed E-state index contributed by atoms with van der Waals surface area (Å²) >= 11 is 0. The normalized spacial score (nSPS) is 18.2. The molecule has 28 heavy (non-hydrogen) atoms. The Kier molecular flexibility index (Phi) is 5.63. The van der Waals surface area contributed by atoms with E-state index in [-0.39, 0.29) is 17.0 Å². The average Bonchev–Trinajstić information content (AvgIpc) is 2.83. The fourth-order valence-electron chi connectivity index (χ4n) is 3.11. The molecule has 0 bridgehead atoms. The summed E-state index contributed by atoms with van der Waals surface area (Å²) in [7, 11) is -3.77. The summed E-state index contributed by atoms with van der Waals surface area (Å²) in [6.07, 6.45) is 0.570. The van der Waals surface area contributed by atoms with Crippen molar-refractivity contribution in [2.24, 2.45) is 0 Å². The maximum atomic E-state index is 12.2. The molecule has 0 saturated carbocycles. The lowest BCUT2D eigenvalue weighted by atomic mass is 9.78. The molecule has 0 radical (unpaired) electrons. The first-order valence-electron chi connectivity index (χ1n) is 9.60. The van der Waals surface area contributed by atoms with Gasteiger partial charge in [-0.15, -0.1) is 0 Å². The number of para-hydroxylation sites is 1. The van der Waals surface area contributed by atoms with Crippen LogP contribution in [0.4, 0.5) is 5.69 Å². The molecule has 0 atom stereocenters. The average molecular weight is 401 g/mol. The van der Waals surface area contributed by atoms with Gasteiger partial charge in [0.2, 0.25) is 10.0 Å². The molecule has 2 aromatic carbocycles. The van der Waals surface area contributed by atoms with Crippen molar-refractivity contribution < 1.29 is 17.7 Å². The summed E-state index contributed by atoms with van der Waals surface area (Å²) in [5.74, 6) is 0.0994. The Bertz CT molecular complexity index is 923. The molecule has 3 rings (SSSR count). The summed E-state index contributed by atoms with van der Waals surface area (Å²) in [5.41, 5.74) is 2.50. The van der Waals surface area contributed by atoms with E-state index in [1.165, 1.54) is 0 Å². The van der Waals surface area contributed by atoms with Gasteiger partial charge in [-0.2, -0.15) is 0 Å². The van der Waals surface area contributed by atoms with Gasteiger partial charge in [0.25, 0.3) is 0 Å². The standard InChI is InChI=1S/C21H28BNO4S/c1-6-15-28(24,25)23-19-10-8-7-9-18(19)16-11-13-17(14-12-16)22-26-20(2,3)21(4,5)27-22/h7-14,23H,6,15H2,1-5H3. The van der Waals surface area contributed by atoms with Crippen molar-refractivity contribution in [1.82, 2.24) is 0 Å². The molecule has 1 fully saturated rings. The van der Waals surface area contributed by atoms with Gasteiger partial charge in [-0.3, -0.25) is 4.72 Å². The van der Waals surface area contributed by atoms with E-state index >= 15 is 0 Å². The second-order valence-corrected chi connectivity index (χ2v) is 10.0. The number of benzene rings is 2. The molecule has 0 amide bonds. The van der Waals surface area contributed by atoms with Crippen molar-refractivity contribution in [3.63, 3.8) is 0 Å². The van der Waals surface area contributed by atoms with Crippen LogP contribution < -0.4 is 10.2 Å². The molecule has 1 N–H and O–H groups in total. The topological polar surface area (TPSA) is 64.6 Å². The van der Waals surface area contributed by atoms with Crippen molar-refractivity contribution in [3.8, 4) is 11.1 Å². The van der Waals surface area contributed by atoms with E-state index in [9.17, 15) is 8.42 Å². The summed E-state index contributed by atoms with van der Waals surface area (Å²) in [6, 6.07) is 15.3. The van der Waals surface area contributed by atoms with E-state index in [4.69, 9.17) is 9.31 Å². The molecule has 150 valence electrons. The van der Waals surface area contributed by atoms with Gasteiger partial charge in [-0.1, -0.05) is 49.4 Å². The van der Waals surface area contributed by atoms with Crippen LogP contribution in [0.3, 0.4) is 0 Å². The number of anilines is 1. The summed E-state index contributed by atoms with van der Waals surface area (Å²) < 4.78 is 39.3. The molecule has 0 unspecified atom stereocenters. The first kappa shape index (κ1) is 20.9. The van der Waals surface area contributed by atoms with E-state index in [0.29, 0.717) is 12.1 Å². The quantitative estimate of drug-likeness (QED) is 0.748. The second-order valence-electron chi connectivity index (χ2n) is 8.18. The first-order chi connectivity index (χ1) is 13.0. The Labute approximate surface area is 168 Å². The van der Waals surface area contributed by atoms with E-state index < -0.39 is 17.1 Å². The number of nitrogens with one attached hydrogen (secondary N) is 1. The van der Waals surface area contributed by atoms with Crippen LogP contribution in [0.15, 0.2) is 48.5 Å². The second kappa shape index (κ2) is 7.54. The Morgan fingerprint density at radius 2 is 1.50 bits per heavy atom. The predicted octanol–water partition coefficient (Wildman–Crippen LogP) is 3.80. The number of rotatable bonds is 6. The van der Waals surface area contributed by atoms with Crippen LogP contribution in [-0.2, 0) is 19.3 Å². The fourth-order valence-corrected chi connectivity index (χ4v) is 4.26. The molecular weight excluding hydrogens is 373 g/mol. The maximum absolute atomic E-state index is 12.2. The minimum atomic E-state index is -3.35. The largest absolute Gasteiger partial charge is 0.494 e. The van der Waals surface area contributed by atoms with Crippen molar-refractivity contribution >= 4 is 28.3 Å². The lowest BCUT2D eigenvalue weighted by Gasteiger charge is -2.32. The molecule has 0 spiro atoms. The zero-order valence-corrected chi connectivity index (χ0v) is 18.0. The SMILES string of the molecule is CCCS(=O)(=O)Nc1ccccc1-c1ccc(B2OC(C)(C)C(C)(C)O2)cc1. The molecule has 1 saturated heterocycles. The molecule has 2 aromatic rings. The van der Waals surface area contributed by atoms with Crippen LogP contribution >= 0.6 is 0 Å². The smallest absolute Gasteiger partial charge is 0.399 e. The molecule has 1 heterocycles. The monoisotopic (exact) mass is 401 g/mol. The van der Waals surface area contributed by atoms with Crippen molar-refractivity contribution in [2.75, 3.05) is 10.5 Å². The summed E-state index contributed by atoms with van der Waals surface area (Å²) in [6.45, 7) is 9.96. The van der Waals surface area contributed by atoms with Crippen LogP contribution in [0.5, 0.6) is 0 Å². The van der Waals surface area contributed by atoms with Gasteiger partial charge in [-0.05, 0) is 51.2 Å². The van der Waals surface area contributed by atoms with Crippen molar-refractivity contribution in [3.05, 3.63) is 48.5 Å². The van der Waals surface area contributed by atoms with E-state index in [2.05, 4.69) is 4.72 Å². The highest BCUT2D eigenvalue weighted by Crippen LogP contribution is 2.36. The van der Waals surface area contributed by atoms with Crippen LogP contribution in [0.25, 0.3) is 11.1 Å². The Morgan fingerprint density at radius 1 is 0.929 bits per heavy atom. The molecule has 5 nitrogen and oxygen atoms in total. The van der Waals surface area contributed by atoms with Crippen LogP contribution in [0.1, 0.15) is 41.0 Å². The minimum absolute atomic E-state index is 0.0994. The highest BCUT2D eigenvalue weighted by molar-refractivity contribution is 7.92. The van der Waals surface area contributed by atoms with Gasteiger partial charge in [0.05, 0.1) is 22.6 Å². The van der Waals surface area contributed by atoms with Gasteiger partial charge >= 0.3 is 7.12 Å². The molecule has 7 heteroatoms. The van der Waals surface area contributed by atoms with E-state index in [0.717, 1.165) is 16.6 Å². The van der Waals surface area contributed by atoms with Crippen LogP contribution in [-0.4, -0.2) is 32.5 Å². The minimum Gasteiger partial charge on any atom is -0.399 e. The van der Waals surface area contributed by atoms with Gasteiger partial charge in [-0.25, -0.2) is 8.42 Å². The van der Waals surface area contributed by atoms with Gasteiger partial charge < -0.3 is 9.31 Å². The molecule has 1 aliphatic heterocycles. The first-order valence-corrected chi connectivity index (χ1v) is 11.3. The van der Waals surface area contributed by atoms with E-state index in [1.807, 2.05) is 77.1 Å². The van der Waals surface area contributed by atoms with Crippen LogP contribution in [0.2, 0.25) is 0 Å². The van der Waals surface area contributed by atoms with Gasteiger partial charge in [0.1, 0.15) is 0 Å².